The molecule has 1 amide bonds. The van der Waals surface area contributed by atoms with E-state index in [0.717, 1.165) is 44.1 Å². The molecule has 1 aliphatic heterocycles. The number of piperazine rings is 1. The van der Waals surface area contributed by atoms with E-state index < -0.39 is 0 Å². The SMILES string of the molecule is Cc1nn(C)c(C)c1C(=O)NC(C)CN1CCN(C)CC1. The lowest BCUT2D eigenvalue weighted by Crippen LogP contribution is -2.49. The van der Waals surface area contributed by atoms with E-state index in [-0.39, 0.29) is 11.9 Å². The molecule has 1 aliphatic rings. The Kier molecular flexibility index (Phi) is 5.00. The molecule has 0 radical (unpaired) electrons. The number of nitrogens with zero attached hydrogens (tertiary/aromatic N) is 4. The summed E-state index contributed by atoms with van der Waals surface area (Å²) in [6.07, 6.45) is 0. The first kappa shape index (κ1) is 16.0. The van der Waals surface area contributed by atoms with E-state index in [2.05, 4.69) is 34.2 Å². The topological polar surface area (TPSA) is 53.4 Å². The average Bonchev–Trinajstić information content (AvgIpc) is 2.66. The highest BCUT2D eigenvalue weighted by atomic mass is 16.1. The van der Waals surface area contributed by atoms with Crippen LogP contribution in [0.2, 0.25) is 0 Å². The monoisotopic (exact) mass is 293 g/mol. The van der Waals surface area contributed by atoms with Gasteiger partial charge in [-0.3, -0.25) is 14.4 Å². The van der Waals surface area contributed by atoms with Crippen molar-refractivity contribution in [1.82, 2.24) is 24.9 Å². The highest BCUT2D eigenvalue weighted by Gasteiger charge is 2.21. The van der Waals surface area contributed by atoms with Crippen molar-refractivity contribution in [2.75, 3.05) is 39.8 Å². The molecule has 2 rings (SSSR count). The first-order valence-electron chi connectivity index (χ1n) is 7.60. The summed E-state index contributed by atoms with van der Waals surface area (Å²) >= 11 is 0. The van der Waals surface area contributed by atoms with Gasteiger partial charge in [0.05, 0.1) is 11.3 Å². The summed E-state index contributed by atoms with van der Waals surface area (Å²) < 4.78 is 1.76. The van der Waals surface area contributed by atoms with Crippen molar-refractivity contribution in [2.45, 2.75) is 26.8 Å². The number of nitrogens with one attached hydrogen (secondary N) is 1. The van der Waals surface area contributed by atoms with Gasteiger partial charge in [-0.1, -0.05) is 0 Å². The van der Waals surface area contributed by atoms with Gasteiger partial charge in [0, 0.05) is 51.5 Å². The molecule has 118 valence electrons. The van der Waals surface area contributed by atoms with Crippen LogP contribution in [0.4, 0.5) is 0 Å². The van der Waals surface area contributed by atoms with Crippen LogP contribution in [0.25, 0.3) is 0 Å². The predicted octanol–water partition coefficient (Wildman–Crippen LogP) is 0.403. The third-order valence-corrected chi connectivity index (χ3v) is 4.24. The Balaban J connectivity index is 1.90. The molecule has 1 fully saturated rings. The minimum Gasteiger partial charge on any atom is -0.348 e. The van der Waals surface area contributed by atoms with Crippen LogP contribution < -0.4 is 5.32 Å². The highest BCUT2D eigenvalue weighted by Crippen LogP contribution is 2.12. The minimum atomic E-state index is -0.0141. The van der Waals surface area contributed by atoms with Crippen LogP contribution in [0, 0.1) is 13.8 Å². The third kappa shape index (κ3) is 3.83. The maximum Gasteiger partial charge on any atom is 0.255 e. The zero-order valence-electron chi connectivity index (χ0n) is 13.8. The second-order valence-corrected chi connectivity index (χ2v) is 6.15. The normalized spacial score (nSPS) is 18.7. The summed E-state index contributed by atoms with van der Waals surface area (Å²) in [6.45, 7) is 11.1. The van der Waals surface area contributed by atoms with E-state index in [0.29, 0.717) is 5.56 Å². The highest BCUT2D eigenvalue weighted by molar-refractivity contribution is 5.96. The quantitative estimate of drug-likeness (QED) is 0.873. The summed E-state index contributed by atoms with van der Waals surface area (Å²) in [7, 11) is 4.02. The summed E-state index contributed by atoms with van der Waals surface area (Å²) in [4.78, 5) is 17.2. The molecule has 0 spiro atoms. The van der Waals surface area contributed by atoms with Gasteiger partial charge in [-0.15, -0.1) is 0 Å². The number of hydrogen-bond donors (Lipinski definition) is 1. The number of carbonyl (C=O) groups is 1. The van der Waals surface area contributed by atoms with E-state index in [4.69, 9.17) is 0 Å². The fraction of sp³-hybridized carbons (Fsp3) is 0.733. The van der Waals surface area contributed by atoms with Crippen LogP contribution in [0.1, 0.15) is 28.7 Å². The summed E-state index contributed by atoms with van der Waals surface area (Å²) in [6, 6.07) is 0.139. The van der Waals surface area contributed by atoms with Crippen molar-refractivity contribution < 1.29 is 4.79 Å². The molecule has 6 heteroatoms. The Morgan fingerprint density at radius 1 is 1.24 bits per heavy atom. The van der Waals surface area contributed by atoms with Crippen LogP contribution in [0.5, 0.6) is 0 Å². The molecule has 21 heavy (non-hydrogen) atoms. The van der Waals surface area contributed by atoms with Crippen molar-refractivity contribution >= 4 is 5.91 Å². The summed E-state index contributed by atoms with van der Waals surface area (Å²) in [5.74, 6) is -0.0141. The summed E-state index contributed by atoms with van der Waals surface area (Å²) in [5.41, 5.74) is 2.42. The first-order valence-corrected chi connectivity index (χ1v) is 7.60. The minimum absolute atomic E-state index is 0.0141. The zero-order chi connectivity index (χ0) is 15.6. The molecule has 0 aliphatic carbocycles. The first-order chi connectivity index (χ1) is 9.88. The van der Waals surface area contributed by atoms with Crippen LogP contribution in [0.15, 0.2) is 0 Å². The lowest BCUT2D eigenvalue weighted by atomic mass is 10.1. The van der Waals surface area contributed by atoms with E-state index in [1.807, 2.05) is 20.9 Å². The van der Waals surface area contributed by atoms with Gasteiger partial charge in [-0.25, -0.2) is 0 Å². The van der Waals surface area contributed by atoms with Crippen molar-refractivity contribution in [3.63, 3.8) is 0 Å². The molecular formula is C15H27N5O. The van der Waals surface area contributed by atoms with Crippen molar-refractivity contribution in [3.8, 4) is 0 Å². The Morgan fingerprint density at radius 3 is 2.38 bits per heavy atom. The number of aryl methyl sites for hydroxylation is 2. The second-order valence-electron chi connectivity index (χ2n) is 6.15. The van der Waals surface area contributed by atoms with Crippen LogP contribution >= 0.6 is 0 Å². The molecule has 1 aromatic heterocycles. The predicted molar refractivity (Wildman–Crippen MR) is 83.5 cm³/mol. The maximum absolute atomic E-state index is 12.4. The van der Waals surface area contributed by atoms with Gasteiger partial charge in [0.15, 0.2) is 0 Å². The third-order valence-electron chi connectivity index (χ3n) is 4.24. The van der Waals surface area contributed by atoms with Crippen LogP contribution in [-0.2, 0) is 7.05 Å². The Hall–Kier alpha value is -1.40. The van der Waals surface area contributed by atoms with E-state index >= 15 is 0 Å². The number of hydrogen-bond acceptors (Lipinski definition) is 4. The fourth-order valence-electron chi connectivity index (χ4n) is 2.86. The average molecular weight is 293 g/mol. The van der Waals surface area contributed by atoms with E-state index in [1.54, 1.807) is 4.68 Å². The standard InChI is InChI=1S/C15H27N5O/c1-11(10-20-8-6-18(4)7-9-20)16-15(21)14-12(2)17-19(5)13(14)3/h11H,6-10H2,1-5H3,(H,16,21). The van der Waals surface area contributed by atoms with Gasteiger partial charge in [0.1, 0.15) is 0 Å². The van der Waals surface area contributed by atoms with Gasteiger partial charge in [-0.2, -0.15) is 5.10 Å². The second kappa shape index (κ2) is 6.58. The Labute approximate surface area is 127 Å². The molecule has 6 nitrogen and oxygen atoms in total. The number of rotatable bonds is 4. The Bertz CT molecular complexity index is 502. The molecule has 1 aromatic rings. The molecule has 0 bridgehead atoms. The number of amides is 1. The number of aromatic nitrogens is 2. The van der Waals surface area contributed by atoms with Gasteiger partial charge in [-0.05, 0) is 27.8 Å². The van der Waals surface area contributed by atoms with Crippen molar-refractivity contribution in [1.29, 1.82) is 0 Å². The van der Waals surface area contributed by atoms with Crippen molar-refractivity contribution in [2.24, 2.45) is 7.05 Å². The lowest BCUT2D eigenvalue weighted by molar-refractivity contribution is 0.0913. The maximum atomic E-state index is 12.4. The summed E-state index contributed by atoms with van der Waals surface area (Å²) in [5, 5.41) is 7.41. The van der Waals surface area contributed by atoms with E-state index in [9.17, 15) is 4.79 Å². The van der Waals surface area contributed by atoms with Gasteiger partial charge in [0.25, 0.3) is 5.91 Å². The zero-order valence-corrected chi connectivity index (χ0v) is 13.8. The van der Waals surface area contributed by atoms with Crippen LogP contribution in [0.3, 0.4) is 0 Å². The Morgan fingerprint density at radius 2 is 1.86 bits per heavy atom. The largest absolute Gasteiger partial charge is 0.348 e. The van der Waals surface area contributed by atoms with Gasteiger partial charge < -0.3 is 10.2 Å². The van der Waals surface area contributed by atoms with Gasteiger partial charge in [0.2, 0.25) is 0 Å². The molecule has 1 atom stereocenters. The molecular weight excluding hydrogens is 266 g/mol. The molecule has 0 saturated carbocycles. The fourth-order valence-corrected chi connectivity index (χ4v) is 2.86. The molecule has 1 unspecified atom stereocenters. The number of carbonyl (C=O) groups excluding carboxylic acids is 1. The lowest BCUT2D eigenvalue weighted by Gasteiger charge is -2.34. The number of likely N-dealkylation sites (N-methyl/N-ethyl adjacent to an activating group) is 1. The van der Waals surface area contributed by atoms with Gasteiger partial charge >= 0.3 is 0 Å². The molecule has 1 saturated heterocycles. The smallest absolute Gasteiger partial charge is 0.255 e. The van der Waals surface area contributed by atoms with Crippen molar-refractivity contribution in [3.05, 3.63) is 17.0 Å². The molecule has 1 N–H and O–H groups in total. The molecule has 2 heterocycles. The molecule has 0 aromatic carbocycles. The van der Waals surface area contributed by atoms with E-state index in [1.165, 1.54) is 0 Å². The van der Waals surface area contributed by atoms with Crippen LogP contribution in [-0.4, -0.2) is 71.3 Å².